The number of hydrogen-bond donors (Lipinski definition) is 0. The van der Waals surface area contributed by atoms with E-state index < -0.39 is 0 Å². The highest BCUT2D eigenvalue weighted by atomic mass is 35.5. The third kappa shape index (κ3) is 9.85. The molecular formula is C42H41Cl2N3O5. The second kappa shape index (κ2) is 18.0. The minimum absolute atomic E-state index is 0.331. The molecule has 6 rings (SSSR count). The van der Waals surface area contributed by atoms with Crippen LogP contribution in [0, 0.1) is 6.92 Å². The summed E-state index contributed by atoms with van der Waals surface area (Å²) in [6, 6.07) is 31.3. The van der Waals surface area contributed by atoms with E-state index >= 15 is 0 Å². The fourth-order valence-corrected chi connectivity index (χ4v) is 6.54. The van der Waals surface area contributed by atoms with E-state index in [-0.39, 0.29) is 0 Å². The number of aldehydes is 1. The summed E-state index contributed by atoms with van der Waals surface area (Å²) in [7, 11) is 1.65. The van der Waals surface area contributed by atoms with Gasteiger partial charge in [0.1, 0.15) is 30.1 Å². The average Bonchev–Trinajstić information content (AvgIpc) is 3.16. The molecule has 1 saturated heterocycles. The lowest BCUT2D eigenvalue weighted by Crippen LogP contribution is -2.45. The molecule has 0 N–H and O–H groups in total. The van der Waals surface area contributed by atoms with Crippen molar-refractivity contribution in [1.29, 1.82) is 0 Å². The topological polar surface area (TPSA) is 73.4 Å². The lowest BCUT2D eigenvalue weighted by atomic mass is 10.1. The van der Waals surface area contributed by atoms with Gasteiger partial charge >= 0.3 is 0 Å². The van der Waals surface area contributed by atoms with Crippen LogP contribution in [0.1, 0.15) is 27.8 Å². The smallest absolute Gasteiger partial charge is 0.219 e. The van der Waals surface area contributed by atoms with E-state index in [1.807, 2.05) is 67.6 Å². The van der Waals surface area contributed by atoms with Gasteiger partial charge in [0, 0.05) is 73.6 Å². The molecule has 10 heteroatoms. The van der Waals surface area contributed by atoms with Gasteiger partial charge in [-0.05, 0) is 65.6 Å². The largest absolute Gasteiger partial charge is 0.497 e. The van der Waals surface area contributed by atoms with Crippen molar-refractivity contribution >= 4 is 35.2 Å². The zero-order valence-corrected chi connectivity index (χ0v) is 30.8. The molecule has 1 aliphatic heterocycles. The summed E-state index contributed by atoms with van der Waals surface area (Å²) in [6.45, 7) is 7.01. The SMILES string of the molecule is COc1cccc(OCCc2ccc(CN3CCN(/C(=C/C=O)c4cc(C)c(Oc5ccc(OCc6ccccc6Cl)cn5)c(Cl)c4)CC3)cc2)c1. The van der Waals surface area contributed by atoms with Crippen molar-refractivity contribution in [2.24, 2.45) is 0 Å². The first-order valence-corrected chi connectivity index (χ1v) is 17.9. The molecule has 1 fully saturated rings. The van der Waals surface area contributed by atoms with Crippen molar-refractivity contribution in [3.63, 3.8) is 0 Å². The molecule has 0 atom stereocenters. The van der Waals surface area contributed by atoms with Crippen LogP contribution in [0.15, 0.2) is 109 Å². The normalized spacial score (nSPS) is 13.5. The minimum atomic E-state index is 0.331. The zero-order chi connectivity index (χ0) is 36.3. The summed E-state index contributed by atoms with van der Waals surface area (Å²) < 4.78 is 23.1. The van der Waals surface area contributed by atoms with Gasteiger partial charge in [0.2, 0.25) is 5.88 Å². The summed E-state index contributed by atoms with van der Waals surface area (Å²) in [5.41, 5.74) is 5.91. The molecule has 0 unspecified atom stereocenters. The van der Waals surface area contributed by atoms with Crippen LogP contribution in [-0.2, 0) is 24.4 Å². The van der Waals surface area contributed by atoms with Crippen molar-refractivity contribution in [2.45, 2.75) is 26.5 Å². The molecule has 1 aromatic heterocycles. The van der Waals surface area contributed by atoms with Crippen LogP contribution in [0.5, 0.6) is 28.9 Å². The molecule has 1 aliphatic rings. The molecule has 0 bridgehead atoms. The van der Waals surface area contributed by atoms with E-state index in [4.69, 9.17) is 42.1 Å². The average molecular weight is 739 g/mol. The molecule has 0 aliphatic carbocycles. The second-order valence-corrected chi connectivity index (χ2v) is 13.3. The Balaban J connectivity index is 1.00. The number of ether oxygens (including phenoxy) is 4. The summed E-state index contributed by atoms with van der Waals surface area (Å²) in [5.74, 6) is 3.07. The number of carbonyl (C=O) groups is 1. The summed E-state index contributed by atoms with van der Waals surface area (Å²) in [6.07, 6.45) is 4.87. The Morgan fingerprint density at radius 3 is 2.29 bits per heavy atom. The lowest BCUT2D eigenvalue weighted by molar-refractivity contribution is -0.104. The monoisotopic (exact) mass is 737 g/mol. The first-order valence-electron chi connectivity index (χ1n) is 17.2. The zero-order valence-electron chi connectivity index (χ0n) is 29.3. The Bertz CT molecular complexity index is 1950. The first-order chi connectivity index (χ1) is 25.4. The molecule has 4 aromatic carbocycles. The maximum absolute atomic E-state index is 11.8. The van der Waals surface area contributed by atoms with E-state index in [1.54, 1.807) is 31.5 Å². The fraction of sp³-hybridized carbons (Fsp3) is 0.238. The quantitative estimate of drug-likeness (QED) is 0.0779. The van der Waals surface area contributed by atoms with Gasteiger partial charge in [-0.15, -0.1) is 0 Å². The second-order valence-electron chi connectivity index (χ2n) is 12.5. The highest BCUT2D eigenvalue weighted by Gasteiger charge is 2.22. The molecule has 0 radical (unpaired) electrons. The summed E-state index contributed by atoms with van der Waals surface area (Å²) >= 11 is 13.0. The Morgan fingerprint density at radius 1 is 0.808 bits per heavy atom. The number of benzene rings is 4. The highest BCUT2D eigenvalue weighted by Crippen LogP contribution is 2.36. The van der Waals surface area contributed by atoms with Gasteiger partial charge in [0.15, 0.2) is 5.75 Å². The predicted molar refractivity (Wildman–Crippen MR) is 206 cm³/mol. The van der Waals surface area contributed by atoms with Gasteiger partial charge in [-0.3, -0.25) is 9.69 Å². The number of rotatable bonds is 15. The number of aryl methyl sites for hydroxylation is 1. The maximum atomic E-state index is 11.8. The Hall–Kier alpha value is -5.02. The van der Waals surface area contributed by atoms with E-state index in [0.717, 1.165) is 79.3 Å². The van der Waals surface area contributed by atoms with Crippen molar-refractivity contribution in [3.8, 4) is 28.9 Å². The third-order valence-electron chi connectivity index (χ3n) is 8.86. The number of hydrogen-bond acceptors (Lipinski definition) is 8. The van der Waals surface area contributed by atoms with E-state index in [0.29, 0.717) is 40.6 Å². The molecule has 0 saturated carbocycles. The molecule has 52 heavy (non-hydrogen) atoms. The maximum Gasteiger partial charge on any atom is 0.219 e. The Morgan fingerprint density at radius 2 is 1.58 bits per heavy atom. The lowest BCUT2D eigenvalue weighted by Gasteiger charge is -2.37. The van der Waals surface area contributed by atoms with Crippen LogP contribution in [0.2, 0.25) is 10.0 Å². The Kier molecular flexibility index (Phi) is 12.7. The molecular weight excluding hydrogens is 697 g/mol. The van der Waals surface area contributed by atoms with E-state index in [2.05, 4.69) is 39.0 Å². The van der Waals surface area contributed by atoms with Crippen LogP contribution in [0.25, 0.3) is 5.70 Å². The first kappa shape index (κ1) is 36.8. The van der Waals surface area contributed by atoms with Crippen molar-refractivity contribution in [2.75, 3.05) is 39.9 Å². The minimum Gasteiger partial charge on any atom is -0.497 e. The predicted octanol–water partition coefficient (Wildman–Crippen LogP) is 9.06. The van der Waals surface area contributed by atoms with Gasteiger partial charge in [-0.25, -0.2) is 4.98 Å². The third-order valence-corrected chi connectivity index (χ3v) is 9.51. The van der Waals surface area contributed by atoms with Crippen molar-refractivity contribution in [1.82, 2.24) is 14.8 Å². The number of carbonyl (C=O) groups excluding carboxylic acids is 1. The number of aromatic nitrogens is 1. The number of pyridine rings is 1. The molecule has 5 aromatic rings. The fourth-order valence-electron chi connectivity index (χ4n) is 6.04. The molecule has 8 nitrogen and oxygen atoms in total. The van der Waals surface area contributed by atoms with Gasteiger partial charge in [0.25, 0.3) is 0 Å². The summed E-state index contributed by atoms with van der Waals surface area (Å²) in [4.78, 5) is 20.8. The van der Waals surface area contributed by atoms with Crippen LogP contribution < -0.4 is 18.9 Å². The van der Waals surface area contributed by atoms with Gasteiger partial charge < -0.3 is 23.8 Å². The van der Waals surface area contributed by atoms with E-state index in [1.165, 1.54) is 11.1 Å². The highest BCUT2D eigenvalue weighted by molar-refractivity contribution is 6.32. The standard InChI is InChI=1S/C42H41Cl2N3O5/c1-30-24-34(25-39(44)42(30)52-41-15-14-37(27-45-41)51-29-33-6-3-4-9-38(33)43)40(16-22-48)47-20-18-46(19-21-47)28-32-12-10-31(11-13-32)17-23-50-36-8-5-7-35(26-36)49-2/h3-16,22,24-27H,17-21,23,28-29H2,1-2H3/b40-16+. The van der Waals surface area contributed by atoms with Gasteiger partial charge in [-0.1, -0.05) is 71.7 Å². The number of piperazine rings is 1. The van der Waals surface area contributed by atoms with Crippen molar-refractivity contribution < 1.29 is 23.7 Å². The molecule has 268 valence electrons. The Labute approximate surface area is 315 Å². The number of halogens is 2. The van der Waals surface area contributed by atoms with Gasteiger partial charge in [-0.2, -0.15) is 0 Å². The number of nitrogens with zero attached hydrogens (tertiary/aromatic N) is 3. The van der Waals surface area contributed by atoms with Gasteiger partial charge in [0.05, 0.1) is 24.9 Å². The number of methoxy groups -OCH3 is 1. The molecule has 0 spiro atoms. The summed E-state index contributed by atoms with van der Waals surface area (Å²) in [5, 5.41) is 1.08. The molecule has 0 amide bonds. The van der Waals surface area contributed by atoms with Crippen LogP contribution >= 0.6 is 23.2 Å². The van der Waals surface area contributed by atoms with Crippen LogP contribution in [0.3, 0.4) is 0 Å². The van der Waals surface area contributed by atoms with Crippen molar-refractivity contribution in [3.05, 3.63) is 147 Å². The molecule has 2 heterocycles. The van der Waals surface area contributed by atoms with Crippen LogP contribution in [-0.4, -0.2) is 61.0 Å². The number of allylic oxidation sites excluding steroid dienone is 1. The van der Waals surface area contributed by atoms with E-state index in [9.17, 15) is 4.79 Å². The van der Waals surface area contributed by atoms with Crippen LogP contribution in [0.4, 0.5) is 0 Å².